The van der Waals surface area contributed by atoms with E-state index in [1.807, 2.05) is 49.4 Å². The maximum Gasteiger partial charge on any atom is 0.169 e. The van der Waals surface area contributed by atoms with E-state index < -0.39 is 0 Å². The zero-order valence-corrected chi connectivity index (χ0v) is 20.2. The number of ether oxygens (including phenoxy) is 2. The number of aryl methyl sites for hydroxylation is 1. The van der Waals surface area contributed by atoms with E-state index in [1.54, 1.807) is 20.4 Å². The summed E-state index contributed by atoms with van der Waals surface area (Å²) in [6, 6.07) is 16.0. The summed E-state index contributed by atoms with van der Waals surface area (Å²) >= 11 is 0. The molecule has 2 aromatic carbocycles. The van der Waals surface area contributed by atoms with E-state index in [9.17, 15) is 4.79 Å². The van der Waals surface area contributed by atoms with Gasteiger partial charge in [0, 0.05) is 29.3 Å². The van der Waals surface area contributed by atoms with Gasteiger partial charge in [-0.25, -0.2) is 0 Å². The number of aromatic nitrogens is 2. The molecule has 5 rings (SSSR count). The van der Waals surface area contributed by atoms with Crippen LogP contribution in [-0.4, -0.2) is 30.0 Å². The number of carbonyl (C=O) groups excluding carboxylic acids is 1. The minimum atomic E-state index is -0.159. The van der Waals surface area contributed by atoms with Crippen LogP contribution in [-0.2, 0) is 6.42 Å². The third-order valence-electron chi connectivity index (χ3n) is 6.50. The third-order valence-corrected chi connectivity index (χ3v) is 6.50. The maximum absolute atomic E-state index is 13.6. The molecule has 0 unspecified atom stereocenters. The van der Waals surface area contributed by atoms with Crippen molar-refractivity contribution >= 4 is 16.6 Å². The highest BCUT2D eigenvalue weighted by Crippen LogP contribution is 2.48. The van der Waals surface area contributed by atoms with Gasteiger partial charge >= 0.3 is 0 Å². The Kier molecular flexibility index (Phi) is 5.35. The van der Waals surface area contributed by atoms with Crippen molar-refractivity contribution in [1.82, 2.24) is 9.97 Å². The number of Topliss-reactive ketones (excluding diaryl/α,β-unsaturated/α-hetero) is 1. The standard InChI is InChI=1S/C29H28N2O3/c1-17-10-11-30-21(12-17)22-14-20(27-23(31-22)15-29(2,3)16-24(27)32)26-19-9-7-6-8-18(19)13-25(33-4)28(26)34-5/h6-14H,15-16H2,1-5H3. The van der Waals surface area contributed by atoms with Gasteiger partial charge in [-0.3, -0.25) is 14.8 Å². The zero-order valence-electron chi connectivity index (χ0n) is 20.2. The van der Waals surface area contributed by atoms with Gasteiger partial charge in [-0.05, 0) is 59.4 Å². The number of hydrogen-bond donors (Lipinski definition) is 0. The predicted molar refractivity (Wildman–Crippen MR) is 135 cm³/mol. The Morgan fingerprint density at radius 3 is 2.44 bits per heavy atom. The van der Waals surface area contributed by atoms with Gasteiger partial charge in [0.2, 0.25) is 0 Å². The third kappa shape index (κ3) is 3.71. The SMILES string of the molecule is COc1cc2ccccc2c(-c2cc(-c3cc(C)ccn3)nc3c2C(=O)CC(C)(C)C3)c1OC. The van der Waals surface area contributed by atoms with Gasteiger partial charge in [0.1, 0.15) is 0 Å². The first-order valence-corrected chi connectivity index (χ1v) is 11.5. The summed E-state index contributed by atoms with van der Waals surface area (Å²) in [5.74, 6) is 1.34. The van der Waals surface area contributed by atoms with Crippen molar-refractivity contribution in [2.24, 2.45) is 5.41 Å². The number of nitrogens with zero attached hydrogens (tertiary/aromatic N) is 2. The normalized spacial score (nSPS) is 14.7. The van der Waals surface area contributed by atoms with Crippen LogP contribution in [0.4, 0.5) is 0 Å². The minimum Gasteiger partial charge on any atom is -0.493 e. The number of pyridine rings is 2. The molecule has 2 aromatic heterocycles. The lowest BCUT2D eigenvalue weighted by atomic mass is 9.73. The molecule has 5 heteroatoms. The summed E-state index contributed by atoms with van der Waals surface area (Å²) in [5, 5.41) is 2.01. The van der Waals surface area contributed by atoms with Crippen molar-refractivity contribution in [3.63, 3.8) is 0 Å². The van der Waals surface area contributed by atoms with Crippen LogP contribution < -0.4 is 9.47 Å². The molecule has 172 valence electrons. The molecule has 0 fully saturated rings. The van der Waals surface area contributed by atoms with Crippen molar-refractivity contribution in [2.45, 2.75) is 33.6 Å². The van der Waals surface area contributed by atoms with E-state index in [2.05, 4.69) is 24.9 Å². The van der Waals surface area contributed by atoms with E-state index in [0.29, 0.717) is 29.9 Å². The fraction of sp³-hybridized carbons (Fsp3) is 0.276. The van der Waals surface area contributed by atoms with Crippen LogP contribution in [0.25, 0.3) is 33.3 Å². The molecular formula is C29H28N2O3. The van der Waals surface area contributed by atoms with Crippen molar-refractivity contribution in [3.05, 3.63) is 71.5 Å². The molecule has 0 amide bonds. The number of benzene rings is 2. The number of fused-ring (bicyclic) bond motifs is 2. The van der Waals surface area contributed by atoms with Gasteiger partial charge in [-0.15, -0.1) is 0 Å². The van der Waals surface area contributed by atoms with Crippen LogP contribution in [0, 0.1) is 12.3 Å². The van der Waals surface area contributed by atoms with Gasteiger partial charge in [0.05, 0.1) is 31.3 Å². The average Bonchev–Trinajstić information content (AvgIpc) is 2.81. The molecule has 0 aliphatic heterocycles. The lowest BCUT2D eigenvalue weighted by Crippen LogP contribution is -2.28. The number of hydrogen-bond acceptors (Lipinski definition) is 5. The fourth-order valence-electron chi connectivity index (χ4n) is 5.00. The first-order chi connectivity index (χ1) is 16.3. The molecule has 2 heterocycles. The number of rotatable bonds is 4. The molecule has 0 atom stereocenters. The van der Waals surface area contributed by atoms with Gasteiger partial charge in [0.15, 0.2) is 17.3 Å². The lowest BCUT2D eigenvalue weighted by Gasteiger charge is -2.31. The van der Waals surface area contributed by atoms with Crippen LogP contribution in [0.15, 0.2) is 54.7 Å². The summed E-state index contributed by atoms with van der Waals surface area (Å²) in [6.07, 6.45) is 2.98. The Hall–Kier alpha value is -3.73. The minimum absolute atomic E-state index is 0.103. The maximum atomic E-state index is 13.6. The first-order valence-electron chi connectivity index (χ1n) is 11.5. The van der Waals surface area contributed by atoms with E-state index in [1.165, 1.54) is 0 Å². The van der Waals surface area contributed by atoms with Crippen LogP contribution in [0.5, 0.6) is 11.5 Å². The molecule has 0 bridgehead atoms. The van der Waals surface area contributed by atoms with Crippen molar-refractivity contribution in [3.8, 4) is 34.0 Å². The van der Waals surface area contributed by atoms with Crippen LogP contribution in [0.1, 0.15) is 41.9 Å². The topological polar surface area (TPSA) is 61.3 Å². The van der Waals surface area contributed by atoms with Crippen molar-refractivity contribution < 1.29 is 14.3 Å². The van der Waals surface area contributed by atoms with E-state index >= 15 is 0 Å². The van der Waals surface area contributed by atoms with Crippen LogP contribution in [0.2, 0.25) is 0 Å². The molecular weight excluding hydrogens is 424 g/mol. The second-order valence-electron chi connectivity index (χ2n) is 9.74. The molecule has 0 radical (unpaired) electrons. The van der Waals surface area contributed by atoms with E-state index in [0.717, 1.165) is 44.5 Å². The molecule has 5 nitrogen and oxygen atoms in total. The highest BCUT2D eigenvalue weighted by atomic mass is 16.5. The molecule has 0 spiro atoms. The van der Waals surface area contributed by atoms with Crippen LogP contribution in [0.3, 0.4) is 0 Å². The molecule has 1 aliphatic rings. The summed E-state index contributed by atoms with van der Waals surface area (Å²) < 4.78 is 11.6. The Morgan fingerprint density at radius 2 is 1.71 bits per heavy atom. The number of methoxy groups -OCH3 is 2. The highest BCUT2D eigenvalue weighted by Gasteiger charge is 2.35. The second-order valence-corrected chi connectivity index (χ2v) is 9.74. The number of ketones is 1. The van der Waals surface area contributed by atoms with E-state index in [-0.39, 0.29) is 11.2 Å². The molecule has 0 saturated heterocycles. The molecule has 0 saturated carbocycles. The van der Waals surface area contributed by atoms with Gasteiger partial charge < -0.3 is 9.47 Å². The highest BCUT2D eigenvalue weighted by molar-refractivity contribution is 6.11. The summed E-state index contributed by atoms with van der Waals surface area (Å²) in [4.78, 5) is 23.1. The molecule has 0 N–H and O–H groups in total. The summed E-state index contributed by atoms with van der Waals surface area (Å²) in [5.41, 5.74) is 5.62. The lowest BCUT2D eigenvalue weighted by molar-refractivity contribution is 0.0911. The molecule has 4 aromatic rings. The molecule has 1 aliphatic carbocycles. The molecule has 34 heavy (non-hydrogen) atoms. The van der Waals surface area contributed by atoms with Crippen molar-refractivity contribution in [1.29, 1.82) is 0 Å². The Bertz CT molecular complexity index is 1440. The Balaban J connectivity index is 1.91. The monoisotopic (exact) mass is 452 g/mol. The van der Waals surface area contributed by atoms with Gasteiger partial charge in [-0.2, -0.15) is 0 Å². The first kappa shape index (κ1) is 22.1. The smallest absolute Gasteiger partial charge is 0.169 e. The van der Waals surface area contributed by atoms with E-state index in [4.69, 9.17) is 14.5 Å². The Labute approximate surface area is 199 Å². The average molecular weight is 453 g/mol. The largest absolute Gasteiger partial charge is 0.493 e. The Morgan fingerprint density at radius 1 is 0.912 bits per heavy atom. The van der Waals surface area contributed by atoms with Crippen LogP contribution >= 0.6 is 0 Å². The van der Waals surface area contributed by atoms with Crippen molar-refractivity contribution in [2.75, 3.05) is 14.2 Å². The van der Waals surface area contributed by atoms with Gasteiger partial charge in [0.25, 0.3) is 0 Å². The van der Waals surface area contributed by atoms with Gasteiger partial charge in [-0.1, -0.05) is 38.1 Å². The second kappa shape index (κ2) is 8.24. The summed E-state index contributed by atoms with van der Waals surface area (Å²) in [6.45, 7) is 6.28. The predicted octanol–water partition coefficient (Wildman–Crippen LogP) is 6.44. The number of carbonyl (C=O) groups is 1. The summed E-state index contributed by atoms with van der Waals surface area (Å²) in [7, 11) is 3.27. The quantitative estimate of drug-likeness (QED) is 0.356. The zero-order chi connectivity index (χ0) is 24.0. The fourth-order valence-corrected chi connectivity index (χ4v) is 5.00.